The fraction of sp³-hybridized carbons (Fsp3) is 0.308. The van der Waals surface area contributed by atoms with Crippen molar-refractivity contribution >= 4 is 23.4 Å². The number of carbonyl (C=O) groups excluding carboxylic acids is 2. The van der Waals surface area contributed by atoms with Gasteiger partial charge in [0.05, 0.1) is 6.54 Å². The highest BCUT2D eigenvalue weighted by Crippen LogP contribution is 2.33. The molecule has 0 radical (unpaired) electrons. The van der Waals surface area contributed by atoms with E-state index >= 15 is 0 Å². The number of hydrogen-bond donors (Lipinski definition) is 0. The van der Waals surface area contributed by atoms with Crippen LogP contribution in [0.15, 0.2) is 59.0 Å². The van der Waals surface area contributed by atoms with Crippen LogP contribution in [0.5, 0.6) is 11.5 Å². The summed E-state index contributed by atoms with van der Waals surface area (Å²) in [5, 5.41) is 0.548. The molecule has 1 aromatic heterocycles. The van der Waals surface area contributed by atoms with E-state index in [9.17, 15) is 9.59 Å². The van der Waals surface area contributed by atoms with Crippen molar-refractivity contribution in [1.82, 2.24) is 9.80 Å². The van der Waals surface area contributed by atoms with Crippen LogP contribution in [0.4, 0.5) is 0 Å². The summed E-state index contributed by atoms with van der Waals surface area (Å²) in [4.78, 5) is 29.9. The highest BCUT2D eigenvalue weighted by molar-refractivity contribution is 6.30. The van der Waals surface area contributed by atoms with Crippen molar-refractivity contribution in [2.24, 2.45) is 0 Å². The smallest absolute Gasteiger partial charge is 0.254 e. The van der Waals surface area contributed by atoms with E-state index < -0.39 is 0 Å². The van der Waals surface area contributed by atoms with Crippen LogP contribution in [0.3, 0.4) is 0 Å². The van der Waals surface area contributed by atoms with Gasteiger partial charge in [-0.3, -0.25) is 9.59 Å². The minimum atomic E-state index is -0.225. The number of fused-ring (bicyclic) bond motifs is 1. The fourth-order valence-electron chi connectivity index (χ4n) is 3.74. The number of rotatable bonds is 8. The molecular weight excluding hydrogens is 456 g/mol. The van der Waals surface area contributed by atoms with E-state index in [4.69, 9.17) is 25.5 Å². The van der Waals surface area contributed by atoms with Crippen LogP contribution in [-0.2, 0) is 17.9 Å². The Labute approximate surface area is 203 Å². The molecule has 0 N–H and O–H groups in total. The van der Waals surface area contributed by atoms with Crippen LogP contribution >= 0.6 is 11.6 Å². The second-order valence-corrected chi connectivity index (χ2v) is 8.92. The van der Waals surface area contributed by atoms with Gasteiger partial charge in [0.1, 0.15) is 18.1 Å². The Balaban J connectivity index is 1.55. The Kier molecular flexibility index (Phi) is 7.12. The first-order valence-corrected chi connectivity index (χ1v) is 11.5. The number of ether oxygens (including phenoxy) is 2. The number of benzene rings is 2. The molecule has 1 aliphatic rings. The summed E-state index contributed by atoms with van der Waals surface area (Å²) in [5.41, 5.74) is 1.37. The minimum absolute atomic E-state index is 0.0661. The Morgan fingerprint density at radius 3 is 2.38 bits per heavy atom. The van der Waals surface area contributed by atoms with Gasteiger partial charge >= 0.3 is 0 Å². The highest BCUT2D eigenvalue weighted by atomic mass is 35.5. The largest absolute Gasteiger partial charge is 0.464 e. The molecule has 1 aliphatic heterocycles. The Morgan fingerprint density at radius 2 is 1.71 bits per heavy atom. The first-order valence-electron chi connectivity index (χ1n) is 11.1. The van der Waals surface area contributed by atoms with Crippen molar-refractivity contribution in [1.29, 1.82) is 0 Å². The molecule has 0 spiro atoms. The van der Waals surface area contributed by atoms with Gasteiger partial charge < -0.3 is 23.7 Å². The van der Waals surface area contributed by atoms with Crippen LogP contribution in [0, 0.1) is 6.92 Å². The van der Waals surface area contributed by atoms with Crippen LogP contribution in [0.2, 0.25) is 5.02 Å². The summed E-state index contributed by atoms with van der Waals surface area (Å²) in [6, 6.07) is 15.8. The number of nitrogens with zero attached hydrogens (tertiary/aromatic N) is 2. The van der Waals surface area contributed by atoms with Gasteiger partial charge in [0.2, 0.25) is 12.7 Å². The molecule has 178 valence electrons. The average molecular weight is 483 g/mol. The van der Waals surface area contributed by atoms with E-state index in [2.05, 4.69) is 0 Å². The standard InChI is InChI=1S/C26H27ClN2O5/c1-17(2)29(26(31)20-6-8-21(27)9-7-20)15-25(30)28(14-22-10-4-18(3)34-22)13-19-5-11-23-24(12-19)33-16-32-23/h4-12,17H,13-16H2,1-3H3. The zero-order chi connectivity index (χ0) is 24.2. The molecule has 8 heteroatoms. The molecule has 2 aromatic carbocycles. The maximum Gasteiger partial charge on any atom is 0.254 e. The second-order valence-electron chi connectivity index (χ2n) is 8.48. The zero-order valence-corrected chi connectivity index (χ0v) is 20.2. The molecule has 0 saturated heterocycles. The van der Waals surface area contributed by atoms with Gasteiger partial charge in [-0.1, -0.05) is 17.7 Å². The van der Waals surface area contributed by atoms with Gasteiger partial charge in [-0.15, -0.1) is 0 Å². The number of amides is 2. The monoisotopic (exact) mass is 482 g/mol. The average Bonchev–Trinajstić information content (AvgIpc) is 3.44. The molecule has 4 rings (SSSR count). The van der Waals surface area contributed by atoms with Crippen LogP contribution in [0.25, 0.3) is 0 Å². The Bertz CT molecular complexity index is 1170. The second kappa shape index (κ2) is 10.2. The molecule has 34 heavy (non-hydrogen) atoms. The predicted molar refractivity (Wildman–Crippen MR) is 128 cm³/mol. The van der Waals surface area contributed by atoms with E-state index in [1.165, 1.54) is 0 Å². The van der Waals surface area contributed by atoms with E-state index in [1.54, 1.807) is 34.1 Å². The molecule has 7 nitrogen and oxygen atoms in total. The number of hydrogen-bond acceptors (Lipinski definition) is 5. The van der Waals surface area contributed by atoms with Gasteiger partial charge in [0, 0.05) is 23.2 Å². The third-order valence-corrected chi connectivity index (χ3v) is 5.84. The summed E-state index contributed by atoms with van der Waals surface area (Å²) in [6.07, 6.45) is 0. The first-order chi connectivity index (χ1) is 16.3. The molecule has 0 atom stereocenters. The number of halogens is 1. The lowest BCUT2D eigenvalue weighted by molar-refractivity contribution is -0.133. The molecule has 0 saturated carbocycles. The van der Waals surface area contributed by atoms with E-state index in [-0.39, 0.29) is 37.7 Å². The molecule has 0 bridgehead atoms. The van der Waals surface area contributed by atoms with Gasteiger partial charge in [0.25, 0.3) is 5.91 Å². The lowest BCUT2D eigenvalue weighted by Gasteiger charge is -2.30. The van der Waals surface area contributed by atoms with E-state index in [0.717, 1.165) is 11.3 Å². The predicted octanol–water partition coefficient (Wildman–Crippen LogP) is 5.05. The summed E-state index contributed by atoms with van der Waals surface area (Å²) in [7, 11) is 0. The third kappa shape index (κ3) is 5.54. The zero-order valence-electron chi connectivity index (χ0n) is 19.4. The lowest BCUT2D eigenvalue weighted by atomic mass is 10.1. The number of aryl methyl sites for hydroxylation is 1. The van der Waals surface area contributed by atoms with Gasteiger partial charge in [-0.05, 0) is 74.9 Å². The van der Waals surface area contributed by atoms with Crippen LogP contribution in [-0.4, -0.2) is 41.0 Å². The van der Waals surface area contributed by atoms with Crippen molar-refractivity contribution in [2.75, 3.05) is 13.3 Å². The fourth-order valence-corrected chi connectivity index (χ4v) is 3.87. The van der Waals surface area contributed by atoms with Crippen molar-refractivity contribution in [3.8, 4) is 11.5 Å². The molecule has 0 unspecified atom stereocenters. The Morgan fingerprint density at radius 1 is 0.971 bits per heavy atom. The number of carbonyl (C=O) groups is 2. The quantitative estimate of drug-likeness (QED) is 0.449. The van der Waals surface area contributed by atoms with Gasteiger partial charge in [0.15, 0.2) is 11.5 Å². The SMILES string of the molecule is Cc1ccc(CN(Cc2ccc3c(c2)OCO3)C(=O)CN(C(=O)c2ccc(Cl)cc2)C(C)C)o1. The summed E-state index contributed by atoms with van der Waals surface area (Å²) in [5.74, 6) is 2.36. The van der Waals surface area contributed by atoms with Crippen molar-refractivity contribution in [3.63, 3.8) is 0 Å². The molecule has 2 amide bonds. The minimum Gasteiger partial charge on any atom is -0.464 e. The highest BCUT2D eigenvalue weighted by Gasteiger charge is 2.26. The van der Waals surface area contributed by atoms with Crippen molar-refractivity contribution in [3.05, 3.63) is 82.3 Å². The maximum absolute atomic E-state index is 13.5. The summed E-state index contributed by atoms with van der Waals surface area (Å²) >= 11 is 5.96. The van der Waals surface area contributed by atoms with E-state index in [1.807, 2.05) is 51.1 Å². The first kappa shape index (κ1) is 23.7. The number of furan rings is 1. The molecule has 0 fully saturated rings. The van der Waals surface area contributed by atoms with Crippen molar-refractivity contribution in [2.45, 2.75) is 39.9 Å². The van der Waals surface area contributed by atoms with Gasteiger partial charge in [-0.2, -0.15) is 0 Å². The Hall–Kier alpha value is -3.45. The van der Waals surface area contributed by atoms with Crippen LogP contribution < -0.4 is 9.47 Å². The van der Waals surface area contributed by atoms with Crippen molar-refractivity contribution < 1.29 is 23.5 Å². The topological polar surface area (TPSA) is 72.2 Å². The third-order valence-electron chi connectivity index (χ3n) is 5.59. The molecule has 3 aromatic rings. The lowest BCUT2D eigenvalue weighted by Crippen LogP contribution is -2.45. The summed E-state index contributed by atoms with van der Waals surface area (Å²) in [6.45, 7) is 6.36. The van der Waals surface area contributed by atoms with Gasteiger partial charge in [-0.25, -0.2) is 0 Å². The molecule has 2 heterocycles. The van der Waals surface area contributed by atoms with E-state index in [0.29, 0.717) is 34.4 Å². The normalized spacial score (nSPS) is 12.1. The maximum atomic E-state index is 13.5. The summed E-state index contributed by atoms with van der Waals surface area (Å²) < 4.78 is 16.6. The van der Waals surface area contributed by atoms with Crippen LogP contribution in [0.1, 0.15) is 41.3 Å². The molecule has 0 aliphatic carbocycles. The molecular formula is C26H27ClN2O5.